The van der Waals surface area contributed by atoms with Crippen LogP contribution in [0.4, 0.5) is 0 Å². The van der Waals surface area contributed by atoms with Crippen molar-refractivity contribution in [2.45, 2.75) is 11.3 Å². The lowest BCUT2D eigenvalue weighted by Crippen LogP contribution is -2.48. The van der Waals surface area contributed by atoms with Gasteiger partial charge in [0.05, 0.1) is 6.42 Å². The monoisotopic (exact) mass is 299 g/mol. The number of pyridine rings is 1. The highest BCUT2D eigenvalue weighted by Gasteiger charge is 2.28. The van der Waals surface area contributed by atoms with Crippen LogP contribution in [0.3, 0.4) is 0 Å². The Morgan fingerprint density at radius 3 is 2.55 bits per heavy atom. The molecule has 0 unspecified atom stereocenters. The highest BCUT2D eigenvalue weighted by Crippen LogP contribution is 2.16. The van der Waals surface area contributed by atoms with Gasteiger partial charge in [0.25, 0.3) is 0 Å². The lowest BCUT2D eigenvalue weighted by molar-refractivity contribution is -0.137. The second-order valence-electron chi connectivity index (χ2n) is 4.58. The smallest absolute Gasteiger partial charge is 0.304 e. The van der Waals surface area contributed by atoms with Crippen LogP contribution in [-0.4, -0.2) is 66.4 Å². The highest BCUT2D eigenvalue weighted by molar-refractivity contribution is 7.89. The first-order valence-corrected chi connectivity index (χ1v) is 7.78. The molecule has 0 saturated carbocycles. The Morgan fingerprint density at radius 2 is 2.00 bits per heavy atom. The van der Waals surface area contributed by atoms with Crippen molar-refractivity contribution in [2.24, 2.45) is 0 Å². The molecule has 20 heavy (non-hydrogen) atoms. The third-order valence-corrected chi connectivity index (χ3v) is 5.13. The van der Waals surface area contributed by atoms with E-state index in [1.807, 2.05) is 4.90 Å². The standard InChI is InChI=1S/C12H17N3O4S/c16-12(17)3-5-14-6-8-15(9-7-14)20(18,19)11-2-1-4-13-10-11/h1-2,4,10H,3,5-9H2,(H,16,17). The Labute approximate surface area is 117 Å². The van der Waals surface area contributed by atoms with Crippen LogP contribution in [0.2, 0.25) is 0 Å². The topological polar surface area (TPSA) is 90.8 Å². The van der Waals surface area contributed by atoms with Gasteiger partial charge in [-0.15, -0.1) is 0 Å². The number of nitrogens with zero attached hydrogens (tertiary/aromatic N) is 3. The van der Waals surface area contributed by atoms with E-state index in [0.717, 1.165) is 0 Å². The fourth-order valence-electron chi connectivity index (χ4n) is 2.10. The van der Waals surface area contributed by atoms with Gasteiger partial charge in [-0.05, 0) is 12.1 Å². The van der Waals surface area contributed by atoms with E-state index in [0.29, 0.717) is 32.7 Å². The molecule has 1 N–H and O–H groups in total. The third kappa shape index (κ3) is 3.53. The number of carboxylic acids is 1. The number of aromatic nitrogens is 1. The highest BCUT2D eigenvalue weighted by atomic mass is 32.2. The first kappa shape index (κ1) is 14.9. The van der Waals surface area contributed by atoms with E-state index in [1.54, 1.807) is 6.07 Å². The third-order valence-electron chi connectivity index (χ3n) is 3.25. The van der Waals surface area contributed by atoms with Crippen molar-refractivity contribution in [2.75, 3.05) is 32.7 Å². The lowest BCUT2D eigenvalue weighted by Gasteiger charge is -2.33. The fraction of sp³-hybridized carbons (Fsp3) is 0.500. The first-order chi connectivity index (χ1) is 9.50. The molecule has 1 saturated heterocycles. The summed E-state index contributed by atoms with van der Waals surface area (Å²) in [6.07, 6.45) is 2.95. The summed E-state index contributed by atoms with van der Waals surface area (Å²) < 4.78 is 26.1. The number of hydrogen-bond acceptors (Lipinski definition) is 5. The molecular weight excluding hydrogens is 282 g/mol. The van der Waals surface area contributed by atoms with Crippen molar-refractivity contribution >= 4 is 16.0 Å². The van der Waals surface area contributed by atoms with Crippen molar-refractivity contribution in [1.29, 1.82) is 0 Å². The van der Waals surface area contributed by atoms with Gasteiger partial charge in [0.1, 0.15) is 4.90 Å². The predicted octanol–water partition coefficient (Wildman–Crippen LogP) is -0.137. The summed E-state index contributed by atoms with van der Waals surface area (Å²) in [7, 11) is -3.49. The van der Waals surface area contributed by atoms with Crippen LogP contribution in [0.15, 0.2) is 29.4 Å². The van der Waals surface area contributed by atoms with E-state index >= 15 is 0 Å². The van der Waals surface area contributed by atoms with Gasteiger partial charge in [0, 0.05) is 45.1 Å². The van der Waals surface area contributed by atoms with E-state index in [2.05, 4.69) is 4.98 Å². The van der Waals surface area contributed by atoms with Gasteiger partial charge < -0.3 is 10.0 Å². The van der Waals surface area contributed by atoms with Crippen molar-refractivity contribution < 1.29 is 18.3 Å². The number of sulfonamides is 1. The number of aliphatic carboxylic acids is 1. The molecule has 2 rings (SSSR count). The van der Waals surface area contributed by atoms with Gasteiger partial charge in [-0.3, -0.25) is 9.78 Å². The normalized spacial score (nSPS) is 18.0. The molecule has 0 aromatic carbocycles. The molecule has 8 heteroatoms. The number of carboxylic acid groups (broad SMARTS) is 1. The van der Waals surface area contributed by atoms with Crippen LogP contribution in [0.25, 0.3) is 0 Å². The minimum atomic E-state index is -3.49. The Hall–Kier alpha value is -1.51. The van der Waals surface area contributed by atoms with Crippen LogP contribution in [0.1, 0.15) is 6.42 Å². The van der Waals surface area contributed by atoms with Crippen molar-refractivity contribution in [3.05, 3.63) is 24.5 Å². The molecule has 0 radical (unpaired) electrons. The van der Waals surface area contributed by atoms with Crippen molar-refractivity contribution in [3.8, 4) is 0 Å². The maximum atomic E-state index is 12.3. The fourth-order valence-corrected chi connectivity index (χ4v) is 3.48. The number of carbonyl (C=O) groups is 1. The Morgan fingerprint density at radius 1 is 1.30 bits per heavy atom. The molecule has 0 amide bonds. The van der Waals surface area contributed by atoms with E-state index in [4.69, 9.17) is 5.11 Å². The van der Waals surface area contributed by atoms with Crippen LogP contribution in [0.5, 0.6) is 0 Å². The molecule has 7 nitrogen and oxygen atoms in total. The van der Waals surface area contributed by atoms with E-state index in [-0.39, 0.29) is 11.3 Å². The number of rotatable bonds is 5. The zero-order chi connectivity index (χ0) is 14.6. The van der Waals surface area contributed by atoms with Gasteiger partial charge in [-0.25, -0.2) is 8.42 Å². The molecule has 110 valence electrons. The summed E-state index contributed by atoms with van der Waals surface area (Å²) in [5.74, 6) is -0.838. The maximum absolute atomic E-state index is 12.3. The summed E-state index contributed by atoms with van der Waals surface area (Å²) in [4.78, 5) is 16.5. The summed E-state index contributed by atoms with van der Waals surface area (Å²) in [6.45, 7) is 2.29. The molecular formula is C12H17N3O4S. The molecule has 0 atom stereocenters. The van der Waals surface area contributed by atoms with E-state index in [9.17, 15) is 13.2 Å². The van der Waals surface area contributed by atoms with Crippen LogP contribution in [-0.2, 0) is 14.8 Å². The van der Waals surface area contributed by atoms with E-state index in [1.165, 1.54) is 22.8 Å². The van der Waals surface area contributed by atoms with E-state index < -0.39 is 16.0 Å². The molecule has 2 heterocycles. The van der Waals surface area contributed by atoms with Gasteiger partial charge in [-0.1, -0.05) is 0 Å². The second kappa shape index (κ2) is 6.29. The van der Waals surface area contributed by atoms with Crippen LogP contribution < -0.4 is 0 Å². The minimum absolute atomic E-state index is 0.0787. The van der Waals surface area contributed by atoms with Gasteiger partial charge in [0.15, 0.2) is 0 Å². The Balaban J connectivity index is 1.95. The van der Waals surface area contributed by atoms with Crippen molar-refractivity contribution in [3.63, 3.8) is 0 Å². The van der Waals surface area contributed by atoms with Gasteiger partial charge in [0.2, 0.25) is 10.0 Å². The molecule has 0 spiro atoms. The molecule has 0 aliphatic carbocycles. The largest absolute Gasteiger partial charge is 0.481 e. The Kier molecular flexibility index (Phi) is 4.69. The molecule has 0 bridgehead atoms. The maximum Gasteiger partial charge on any atom is 0.304 e. The summed E-state index contributed by atoms with van der Waals surface area (Å²) in [5.41, 5.74) is 0. The molecule has 1 aliphatic heterocycles. The van der Waals surface area contributed by atoms with Gasteiger partial charge >= 0.3 is 5.97 Å². The summed E-state index contributed by atoms with van der Waals surface area (Å²) in [6, 6.07) is 3.12. The zero-order valence-corrected chi connectivity index (χ0v) is 11.8. The number of hydrogen-bond donors (Lipinski definition) is 1. The van der Waals surface area contributed by atoms with Gasteiger partial charge in [-0.2, -0.15) is 4.31 Å². The Bertz CT molecular complexity index is 553. The average molecular weight is 299 g/mol. The van der Waals surface area contributed by atoms with Crippen LogP contribution in [0, 0.1) is 0 Å². The minimum Gasteiger partial charge on any atom is -0.481 e. The lowest BCUT2D eigenvalue weighted by atomic mass is 10.3. The second-order valence-corrected chi connectivity index (χ2v) is 6.52. The summed E-state index contributed by atoms with van der Waals surface area (Å²) >= 11 is 0. The first-order valence-electron chi connectivity index (χ1n) is 6.34. The van der Waals surface area contributed by atoms with Crippen LogP contribution >= 0.6 is 0 Å². The summed E-state index contributed by atoms with van der Waals surface area (Å²) in [5, 5.41) is 8.63. The van der Waals surface area contributed by atoms with Crippen molar-refractivity contribution in [1.82, 2.24) is 14.2 Å². The SMILES string of the molecule is O=C(O)CCN1CCN(S(=O)(=O)c2cccnc2)CC1. The quantitative estimate of drug-likeness (QED) is 0.814. The molecule has 1 fully saturated rings. The zero-order valence-electron chi connectivity index (χ0n) is 11.0. The number of piperazine rings is 1. The predicted molar refractivity (Wildman–Crippen MR) is 71.7 cm³/mol. The molecule has 1 aromatic rings. The molecule has 1 aliphatic rings. The molecule has 1 aromatic heterocycles. The average Bonchev–Trinajstić information content (AvgIpc) is 2.46.